The van der Waals surface area contributed by atoms with Crippen LogP contribution >= 0.6 is 0 Å². The molecule has 7 rings (SSSR count). The summed E-state index contributed by atoms with van der Waals surface area (Å²) in [5, 5.41) is 4.53. The fourth-order valence-electron chi connectivity index (χ4n) is 6.10. The number of sulfonamides is 1. The van der Waals surface area contributed by atoms with Gasteiger partial charge in [0.25, 0.3) is 10.0 Å². The Morgan fingerprint density at radius 2 is 1.30 bits per heavy atom. The van der Waals surface area contributed by atoms with E-state index in [1.54, 1.807) is 48.5 Å². The molecule has 0 aliphatic carbocycles. The molecule has 2 aliphatic heterocycles. The molecule has 43 heavy (non-hydrogen) atoms. The molecule has 4 aromatic carbocycles. The molecule has 0 spiro atoms. The summed E-state index contributed by atoms with van der Waals surface area (Å²) in [6.45, 7) is 0.713. The summed E-state index contributed by atoms with van der Waals surface area (Å²) < 4.78 is 72.4. The molecule has 11 heteroatoms. The van der Waals surface area contributed by atoms with Crippen LogP contribution < -0.4 is 0 Å². The molecule has 8 nitrogen and oxygen atoms in total. The number of hydrogen-bond acceptors (Lipinski definition) is 6. The Morgan fingerprint density at radius 1 is 0.698 bits per heavy atom. The first-order chi connectivity index (χ1) is 20.7. The Morgan fingerprint density at radius 3 is 1.98 bits per heavy atom. The van der Waals surface area contributed by atoms with E-state index in [2.05, 4.69) is 16.1 Å². The standard InChI is InChI=1S/C32H27FN4O4S2/c33-25-17-15-24(16-18-25)31-29(21-37(34-31)43(40,41)27-12-5-2-6-13-27)32-35-20-19-23-9-7-8-14-28(23)30(35)22-36(32)42(38,39)26-10-3-1-4-11-26/h1-18,21,30,32H,19-20,22H2/t30-,32+/m1/s1. The van der Waals surface area contributed by atoms with Crippen LogP contribution in [0.15, 0.2) is 125 Å². The van der Waals surface area contributed by atoms with Crippen molar-refractivity contribution < 1.29 is 21.2 Å². The predicted molar refractivity (Wildman–Crippen MR) is 159 cm³/mol. The Balaban J connectivity index is 1.45. The normalized spacial score (nSPS) is 19.2. The number of hydrogen-bond donors (Lipinski definition) is 0. The Hall–Kier alpha value is -4.16. The van der Waals surface area contributed by atoms with Gasteiger partial charge in [0.2, 0.25) is 10.0 Å². The van der Waals surface area contributed by atoms with E-state index in [-0.39, 0.29) is 28.1 Å². The third-order valence-electron chi connectivity index (χ3n) is 8.15. The average Bonchev–Trinajstić information content (AvgIpc) is 3.66. The van der Waals surface area contributed by atoms with Gasteiger partial charge in [0.1, 0.15) is 12.0 Å². The van der Waals surface area contributed by atoms with Gasteiger partial charge in [-0.2, -0.15) is 21.9 Å². The first-order valence-corrected chi connectivity index (χ1v) is 16.7. The maximum absolute atomic E-state index is 14.3. The zero-order valence-corrected chi connectivity index (χ0v) is 24.5. The summed E-state index contributed by atoms with van der Waals surface area (Å²) in [5.41, 5.74) is 3.32. The summed E-state index contributed by atoms with van der Waals surface area (Å²) in [6.07, 6.45) is 1.23. The number of nitrogens with zero attached hydrogens (tertiary/aromatic N) is 4. The molecule has 0 bridgehead atoms. The largest absolute Gasteiger partial charge is 0.282 e. The van der Waals surface area contributed by atoms with Gasteiger partial charge in [0.05, 0.1) is 21.5 Å². The van der Waals surface area contributed by atoms with Gasteiger partial charge in [-0.15, -0.1) is 0 Å². The van der Waals surface area contributed by atoms with Crippen LogP contribution in [0, 0.1) is 5.82 Å². The summed E-state index contributed by atoms with van der Waals surface area (Å²) >= 11 is 0. The summed E-state index contributed by atoms with van der Waals surface area (Å²) in [5.74, 6) is -0.455. The van der Waals surface area contributed by atoms with Crippen LogP contribution in [-0.4, -0.2) is 48.3 Å². The SMILES string of the molecule is O=S(=O)(c1ccccc1)N1C[C@@H]2c3ccccc3CCN2[C@@H]1c1cn(S(=O)(=O)c2ccccc2)nc1-c1ccc(F)cc1. The fraction of sp³-hybridized carbons (Fsp3) is 0.156. The zero-order valence-electron chi connectivity index (χ0n) is 22.9. The fourth-order valence-corrected chi connectivity index (χ4v) is 8.87. The Labute approximate surface area is 249 Å². The minimum Gasteiger partial charge on any atom is -0.274 e. The van der Waals surface area contributed by atoms with Gasteiger partial charge in [-0.1, -0.05) is 60.7 Å². The molecule has 5 aromatic rings. The topological polar surface area (TPSA) is 92.6 Å². The summed E-state index contributed by atoms with van der Waals surface area (Å²) in [6, 6.07) is 29.5. The summed E-state index contributed by atoms with van der Waals surface area (Å²) in [7, 11) is -8.16. The van der Waals surface area contributed by atoms with Crippen molar-refractivity contribution in [2.24, 2.45) is 0 Å². The molecule has 2 aliphatic rings. The van der Waals surface area contributed by atoms with Crippen molar-refractivity contribution in [3.05, 3.63) is 138 Å². The number of fused-ring (bicyclic) bond motifs is 3. The average molecular weight is 615 g/mol. The lowest BCUT2D eigenvalue weighted by Gasteiger charge is -2.35. The van der Waals surface area contributed by atoms with E-state index in [4.69, 9.17) is 0 Å². The monoisotopic (exact) mass is 614 g/mol. The maximum atomic E-state index is 14.3. The quantitative estimate of drug-likeness (QED) is 0.260. The highest BCUT2D eigenvalue weighted by molar-refractivity contribution is 7.90. The second-order valence-corrected chi connectivity index (χ2v) is 14.3. The van der Waals surface area contributed by atoms with Crippen LogP contribution in [0.25, 0.3) is 11.3 Å². The van der Waals surface area contributed by atoms with E-state index in [1.807, 2.05) is 18.2 Å². The van der Waals surface area contributed by atoms with Crippen LogP contribution in [0.1, 0.15) is 28.9 Å². The van der Waals surface area contributed by atoms with E-state index < -0.39 is 32.0 Å². The van der Waals surface area contributed by atoms with E-state index >= 15 is 0 Å². The van der Waals surface area contributed by atoms with Crippen molar-refractivity contribution >= 4 is 20.0 Å². The lowest BCUT2D eigenvalue weighted by molar-refractivity contribution is 0.155. The predicted octanol–water partition coefficient (Wildman–Crippen LogP) is 5.23. The highest BCUT2D eigenvalue weighted by atomic mass is 32.2. The molecule has 3 heterocycles. The summed E-state index contributed by atoms with van der Waals surface area (Å²) in [4.78, 5) is 2.28. The van der Waals surface area contributed by atoms with Crippen LogP contribution in [0.2, 0.25) is 0 Å². The molecule has 2 atom stereocenters. The molecule has 0 N–H and O–H groups in total. The lowest BCUT2D eigenvalue weighted by atomic mass is 9.93. The number of benzene rings is 4. The molecule has 1 fully saturated rings. The third kappa shape index (κ3) is 4.69. The molecular formula is C32H27FN4O4S2. The van der Waals surface area contributed by atoms with Gasteiger partial charge in [0, 0.05) is 30.4 Å². The number of halogens is 1. The van der Waals surface area contributed by atoms with Crippen LogP contribution in [0.4, 0.5) is 4.39 Å². The van der Waals surface area contributed by atoms with Crippen molar-refractivity contribution in [3.8, 4) is 11.3 Å². The van der Waals surface area contributed by atoms with Gasteiger partial charge < -0.3 is 0 Å². The molecule has 1 saturated heterocycles. The van der Waals surface area contributed by atoms with Gasteiger partial charge in [-0.25, -0.2) is 12.8 Å². The van der Waals surface area contributed by atoms with Gasteiger partial charge in [-0.3, -0.25) is 4.90 Å². The molecule has 1 aromatic heterocycles. The first kappa shape index (κ1) is 27.7. The van der Waals surface area contributed by atoms with E-state index in [0.29, 0.717) is 24.1 Å². The Kier molecular flexibility index (Phi) is 6.77. The number of rotatable bonds is 6. The smallest absolute Gasteiger partial charge is 0.274 e. The van der Waals surface area contributed by atoms with Gasteiger partial charge in [0.15, 0.2) is 0 Å². The van der Waals surface area contributed by atoms with Crippen molar-refractivity contribution in [3.63, 3.8) is 0 Å². The molecule has 0 saturated carbocycles. The molecule has 0 radical (unpaired) electrons. The lowest BCUT2D eigenvalue weighted by Crippen LogP contribution is -2.37. The van der Waals surface area contributed by atoms with Gasteiger partial charge >= 0.3 is 0 Å². The van der Waals surface area contributed by atoms with Crippen LogP contribution in [0.5, 0.6) is 0 Å². The first-order valence-electron chi connectivity index (χ1n) is 13.8. The minimum absolute atomic E-state index is 0.0414. The van der Waals surface area contributed by atoms with Gasteiger partial charge in [-0.05, 0) is 66.1 Å². The number of aromatic nitrogens is 2. The second-order valence-electron chi connectivity index (χ2n) is 10.6. The molecule has 218 valence electrons. The van der Waals surface area contributed by atoms with Crippen molar-refractivity contribution in [1.29, 1.82) is 0 Å². The minimum atomic E-state index is -4.12. The van der Waals surface area contributed by atoms with E-state index in [1.165, 1.54) is 46.9 Å². The van der Waals surface area contributed by atoms with E-state index in [0.717, 1.165) is 15.2 Å². The third-order valence-corrected chi connectivity index (χ3v) is 11.5. The zero-order chi connectivity index (χ0) is 29.8. The van der Waals surface area contributed by atoms with Crippen LogP contribution in [0.3, 0.4) is 0 Å². The highest BCUT2D eigenvalue weighted by Crippen LogP contribution is 2.48. The maximum Gasteiger partial charge on any atom is 0.282 e. The Bertz CT molecular complexity index is 2020. The van der Waals surface area contributed by atoms with Crippen molar-refractivity contribution in [2.45, 2.75) is 28.4 Å². The van der Waals surface area contributed by atoms with Crippen molar-refractivity contribution in [2.75, 3.05) is 13.1 Å². The molecular weight excluding hydrogens is 588 g/mol. The van der Waals surface area contributed by atoms with E-state index in [9.17, 15) is 21.2 Å². The molecule has 0 amide bonds. The second kappa shape index (κ2) is 10.5. The molecule has 0 unspecified atom stereocenters. The van der Waals surface area contributed by atoms with Crippen molar-refractivity contribution in [1.82, 2.24) is 18.4 Å². The van der Waals surface area contributed by atoms with Crippen LogP contribution in [-0.2, 0) is 26.5 Å². The highest BCUT2D eigenvalue weighted by Gasteiger charge is 2.50.